The number of hydrogen-bond donors (Lipinski definition) is 2. The van der Waals surface area contributed by atoms with Gasteiger partial charge in [-0.2, -0.15) is 0 Å². The smallest absolute Gasteiger partial charge is 0.231 e. The summed E-state index contributed by atoms with van der Waals surface area (Å²) in [6.07, 6.45) is 7.46. The molecule has 1 saturated heterocycles. The Morgan fingerprint density at radius 3 is 2.67 bits per heavy atom. The molecule has 9 nitrogen and oxygen atoms in total. The molecule has 1 aromatic carbocycles. The first-order valence-electron chi connectivity index (χ1n) is 14.2. The van der Waals surface area contributed by atoms with Gasteiger partial charge in [0.2, 0.25) is 11.8 Å². The highest BCUT2D eigenvalue weighted by atomic mass is 35.5. The molecule has 0 spiro atoms. The third kappa shape index (κ3) is 5.36. The molecule has 2 N–H and O–H groups in total. The van der Waals surface area contributed by atoms with Crippen LogP contribution < -0.4 is 15.5 Å². The van der Waals surface area contributed by atoms with Crippen LogP contribution in [-0.2, 0) is 14.3 Å². The van der Waals surface area contributed by atoms with Crippen LogP contribution >= 0.6 is 11.6 Å². The van der Waals surface area contributed by atoms with Gasteiger partial charge in [-0.3, -0.25) is 9.59 Å². The minimum atomic E-state index is -0.266. The van der Waals surface area contributed by atoms with Crippen molar-refractivity contribution >= 4 is 35.1 Å². The predicted molar refractivity (Wildman–Crippen MR) is 150 cm³/mol. The van der Waals surface area contributed by atoms with Crippen LogP contribution in [0.2, 0.25) is 5.02 Å². The molecule has 4 atom stereocenters. The molecule has 1 aromatic heterocycles. The normalized spacial score (nSPS) is 28.8. The summed E-state index contributed by atoms with van der Waals surface area (Å²) in [7, 11) is 1.79. The molecule has 2 saturated carbocycles. The first-order chi connectivity index (χ1) is 18.9. The van der Waals surface area contributed by atoms with E-state index in [4.69, 9.17) is 16.3 Å². The number of nitrogens with one attached hydrogen (secondary N) is 2. The molecule has 3 heterocycles. The number of amides is 2. The second-order valence-electron chi connectivity index (χ2n) is 11.4. The molecule has 10 heteroatoms. The maximum absolute atomic E-state index is 14.1. The maximum atomic E-state index is 14.1. The number of ether oxygens (including phenoxy) is 1. The van der Waals surface area contributed by atoms with E-state index in [1.54, 1.807) is 7.11 Å². The van der Waals surface area contributed by atoms with Gasteiger partial charge in [0.05, 0.1) is 24.1 Å². The zero-order valence-corrected chi connectivity index (χ0v) is 23.4. The van der Waals surface area contributed by atoms with Crippen LogP contribution in [0.3, 0.4) is 0 Å². The quantitative estimate of drug-likeness (QED) is 0.540. The van der Waals surface area contributed by atoms with Crippen molar-refractivity contribution in [3.8, 4) is 0 Å². The van der Waals surface area contributed by atoms with Crippen LogP contribution in [0.4, 0.5) is 11.6 Å². The highest BCUT2D eigenvalue weighted by Crippen LogP contribution is 2.44. The molecule has 3 fully saturated rings. The highest BCUT2D eigenvalue weighted by molar-refractivity contribution is 6.30. The summed E-state index contributed by atoms with van der Waals surface area (Å²) in [5, 5.41) is 7.28. The van der Waals surface area contributed by atoms with Crippen molar-refractivity contribution < 1.29 is 14.3 Å². The lowest BCUT2D eigenvalue weighted by Crippen LogP contribution is -2.52. The Balaban J connectivity index is 1.17. The fourth-order valence-electron chi connectivity index (χ4n) is 6.68. The molecule has 2 aromatic rings. The molecule has 208 valence electrons. The Morgan fingerprint density at radius 1 is 1.15 bits per heavy atom. The second kappa shape index (κ2) is 11.0. The van der Waals surface area contributed by atoms with E-state index in [0.717, 1.165) is 49.0 Å². The third-order valence-corrected chi connectivity index (χ3v) is 9.21. The van der Waals surface area contributed by atoms with Gasteiger partial charge >= 0.3 is 0 Å². The number of fused-ring (bicyclic) bond motifs is 2. The van der Waals surface area contributed by atoms with Crippen LogP contribution in [0, 0.1) is 0 Å². The Morgan fingerprint density at radius 2 is 1.92 bits per heavy atom. The van der Waals surface area contributed by atoms with Crippen molar-refractivity contribution in [1.82, 2.24) is 20.2 Å². The van der Waals surface area contributed by atoms with Crippen LogP contribution in [0.1, 0.15) is 68.4 Å². The van der Waals surface area contributed by atoms with E-state index < -0.39 is 0 Å². The van der Waals surface area contributed by atoms with Crippen LogP contribution in [-0.4, -0.2) is 77.7 Å². The topological polar surface area (TPSA) is 99.7 Å². The van der Waals surface area contributed by atoms with Crippen molar-refractivity contribution in [2.75, 3.05) is 37.0 Å². The number of halogens is 1. The molecule has 6 rings (SSSR count). The van der Waals surface area contributed by atoms with E-state index in [-0.39, 0.29) is 35.7 Å². The summed E-state index contributed by atoms with van der Waals surface area (Å²) >= 11 is 6.18. The molecular formula is C29H37ClN6O3. The van der Waals surface area contributed by atoms with E-state index in [9.17, 15) is 9.59 Å². The van der Waals surface area contributed by atoms with Gasteiger partial charge in [0.15, 0.2) is 0 Å². The number of hydrogen-bond acceptors (Lipinski definition) is 7. The molecule has 2 aliphatic heterocycles. The number of rotatable bonds is 7. The lowest BCUT2D eigenvalue weighted by molar-refractivity contribution is -0.133. The number of methoxy groups -OCH3 is 1. The molecule has 2 aliphatic carbocycles. The first kappa shape index (κ1) is 26.5. The third-order valence-electron chi connectivity index (χ3n) is 8.96. The first-order valence-corrected chi connectivity index (χ1v) is 14.5. The molecule has 2 amide bonds. The molecule has 0 unspecified atom stereocenters. The zero-order chi connectivity index (χ0) is 27.1. The van der Waals surface area contributed by atoms with Gasteiger partial charge in [-0.25, -0.2) is 9.97 Å². The number of piperazine rings is 1. The summed E-state index contributed by atoms with van der Waals surface area (Å²) in [4.78, 5) is 39.5. The molecule has 39 heavy (non-hydrogen) atoms. The second-order valence-corrected chi connectivity index (χ2v) is 11.9. The van der Waals surface area contributed by atoms with E-state index >= 15 is 0 Å². The molecule has 0 bridgehead atoms. The predicted octanol–water partition coefficient (Wildman–Crippen LogP) is 3.70. The molecule has 0 radical (unpaired) electrons. The van der Waals surface area contributed by atoms with Crippen molar-refractivity contribution in [3.05, 3.63) is 46.7 Å². The number of carbonyl (C=O) groups is 2. The summed E-state index contributed by atoms with van der Waals surface area (Å²) in [5.41, 5.74) is 2.01. The Hall–Kier alpha value is -2.75. The van der Waals surface area contributed by atoms with Gasteiger partial charge in [-0.15, -0.1) is 0 Å². The monoisotopic (exact) mass is 552 g/mol. The average Bonchev–Trinajstić information content (AvgIpc) is 3.74. The van der Waals surface area contributed by atoms with Gasteiger partial charge in [0.25, 0.3) is 0 Å². The van der Waals surface area contributed by atoms with Gasteiger partial charge in [-0.1, -0.05) is 30.7 Å². The van der Waals surface area contributed by atoms with Crippen molar-refractivity contribution in [2.24, 2.45) is 0 Å². The molecule has 4 aliphatic rings. The van der Waals surface area contributed by atoms with E-state index in [2.05, 4.69) is 37.3 Å². The number of benzene rings is 1. The minimum absolute atomic E-state index is 0.00652. The fraction of sp³-hybridized carbons (Fsp3) is 0.586. The van der Waals surface area contributed by atoms with E-state index in [0.29, 0.717) is 49.0 Å². The standard InChI is InChI=1S/C29H37ClN6O3/c1-17-13-25(37)34-27-26(17)28(33-16-32-27)35-11-12-36(24-14-23(24)35)29(38)22(18-3-5-19(30)6-4-18)15-31-20-7-9-21(39-2)10-8-20/h3-6,16-17,20-24,31H,7-15H2,1-2H3,(H,32,33,34,37)/t17-,20?,21?,22-,23+,24-/m1/s1. The van der Waals surface area contributed by atoms with Gasteiger partial charge in [0.1, 0.15) is 18.0 Å². The lowest BCUT2D eigenvalue weighted by atomic mass is 9.91. The lowest BCUT2D eigenvalue weighted by Gasteiger charge is -2.38. The Labute approximate surface area is 234 Å². The van der Waals surface area contributed by atoms with Crippen molar-refractivity contribution in [3.63, 3.8) is 0 Å². The number of anilines is 2. The maximum Gasteiger partial charge on any atom is 0.231 e. The largest absolute Gasteiger partial charge is 0.381 e. The van der Waals surface area contributed by atoms with Gasteiger partial charge in [-0.05, 0) is 55.7 Å². The number of aromatic nitrogens is 2. The van der Waals surface area contributed by atoms with Gasteiger partial charge in [0, 0.05) is 49.8 Å². The summed E-state index contributed by atoms with van der Waals surface area (Å²) in [6, 6.07) is 8.51. The van der Waals surface area contributed by atoms with Crippen LogP contribution in [0.15, 0.2) is 30.6 Å². The van der Waals surface area contributed by atoms with Crippen molar-refractivity contribution in [1.29, 1.82) is 0 Å². The summed E-state index contributed by atoms with van der Waals surface area (Å²) in [5.74, 6) is 1.47. The minimum Gasteiger partial charge on any atom is -0.381 e. The van der Waals surface area contributed by atoms with Crippen LogP contribution in [0.5, 0.6) is 0 Å². The molecular weight excluding hydrogens is 516 g/mol. The SMILES string of the molecule is COC1CCC(NC[C@@H](C(=O)N2CCN(c3ncnc4c3[C@H](C)CC(=O)N4)[C@H]3C[C@H]32)c2ccc(Cl)cc2)CC1. The van der Waals surface area contributed by atoms with E-state index in [1.165, 1.54) is 6.33 Å². The zero-order valence-electron chi connectivity index (χ0n) is 22.6. The fourth-order valence-corrected chi connectivity index (χ4v) is 6.81. The summed E-state index contributed by atoms with van der Waals surface area (Å²) < 4.78 is 5.53. The average molecular weight is 553 g/mol. The number of carbonyl (C=O) groups excluding carboxylic acids is 2. The van der Waals surface area contributed by atoms with E-state index in [1.807, 2.05) is 24.3 Å². The highest BCUT2D eigenvalue weighted by Gasteiger charge is 2.52. The van der Waals surface area contributed by atoms with Gasteiger partial charge < -0.3 is 25.2 Å². The van der Waals surface area contributed by atoms with Crippen molar-refractivity contribution in [2.45, 2.75) is 81.5 Å². The summed E-state index contributed by atoms with van der Waals surface area (Å²) in [6.45, 7) is 4.01. The number of nitrogens with zero attached hydrogens (tertiary/aromatic N) is 4. The Kier molecular flexibility index (Phi) is 7.48. The van der Waals surface area contributed by atoms with Crippen LogP contribution in [0.25, 0.3) is 0 Å². The Bertz CT molecular complexity index is 1220.